The number of hydrogen-bond acceptors (Lipinski definition) is 9. The van der Waals surface area contributed by atoms with Crippen molar-refractivity contribution in [3.8, 4) is 22.0 Å². The number of fused-ring (bicyclic) bond motifs is 1. The Morgan fingerprint density at radius 3 is 2.57 bits per heavy atom. The Morgan fingerprint density at radius 1 is 1.07 bits per heavy atom. The van der Waals surface area contributed by atoms with Crippen molar-refractivity contribution in [2.24, 2.45) is 0 Å². The highest BCUT2D eigenvalue weighted by atomic mass is 35.5. The third kappa shape index (κ3) is 3.60. The summed E-state index contributed by atoms with van der Waals surface area (Å²) in [6.07, 6.45) is 9.58. The molecule has 11 heteroatoms. The highest BCUT2D eigenvalue weighted by Crippen LogP contribution is 2.35. The number of nitrogens with zero attached hydrogens (tertiary/aromatic N) is 6. The molecule has 4 aromatic heterocycles. The van der Waals surface area contributed by atoms with Gasteiger partial charge in [0.1, 0.15) is 0 Å². The summed E-state index contributed by atoms with van der Waals surface area (Å²) >= 11 is 3.18. The first-order chi connectivity index (χ1) is 13.3. The fourth-order valence-electron chi connectivity index (χ4n) is 3.19. The molecule has 0 aromatic carbocycles. The number of nitrogens with one attached hydrogen (secondary N) is 2. The lowest BCUT2D eigenvalue weighted by Crippen LogP contribution is -2.44. The summed E-state index contributed by atoms with van der Waals surface area (Å²) < 4.78 is 0. The van der Waals surface area contributed by atoms with Crippen LogP contribution in [-0.4, -0.2) is 56.3 Å². The van der Waals surface area contributed by atoms with E-state index in [-0.39, 0.29) is 12.4 Å². The summed E-state index contributed by atoms with van der Waals surface area (Å²) in [5.74, 6) is 0.629. The van der Waals surface area contributed by atoms with Crippen LogP contribution in [0.5, 0.6) is 0 Å². The maximum Gasteiger partial charge on any atom is 0.188 e. The van der Waals surface area contributed by atoms with Gasteiger partial charge in [0.2, 0.25) is 0 Å². The minimum absolute atomic E-state index is 0. The first kappa shape index (κ1) is 19.2. The Kier molecular flexibility index (Phi) is 5.54. The van der Waals surface area contributed by atoms with Crippen molar-refractivity contribution in [2.45, 2.75) is 18.9 Å². The summed E-state index contributed by atoms with van der Waals surface area (Å²) in [5.41, 5.74) is 1.89. The van der Waals surface area contributed by atoms with Crippen LogP contribution in [0.1, 0.15) is 12.8 Å². The van der Waals surface area contributed by atoms with E-state index < -0.39 is 0 Å². The molecule has 1 aliphatic rings. The van der Waals surface area contributed by atoms with E-state index in [0.717, 1.165) is 44.0 Å². The molecule has 0 saturated carbocycles. The maximum atomic E-state index is 4.80. The van der Waals surface area contributed by atoms with Crippen molar-refractivity contribution in [3.63, 3.8) is 0 Å². The van der Waals surface area contributed by atoms with E-state index in [0.29, 0.717) is 11.9 Å². The second-order valence-corrected chi connectivity index (χ2v) is 8.45. The van der Waals surface area contributed by atoms with Crippen LogP contribution in [0.3, 0.4) is 0 Å². The SMILES string of the molecule is CN(c1nc2sc(-c3ncc(-c4cn[nH]c4)cn3)nc2s1)[C@H]1CCCNC1.Cl. The van der Waals surface area contributed by atoms with E-state index in [9.17, 15) is 0 Å². The van der Waals surface area contributed by atoms with Crippen LogP contribution >= 0.6 is 35.1 Å². The molecular weight excluding hydrogens is 416 g/mol. The average Bonchev–Trinajstić information content (AvgIpc) is 3.44. The number of thiazole rings is 2. The Bertz CT molecular complexity index is 1010. The molecule has 8 nitrogen and oxygen atoms in total. The van der Waals surface area contributed by atoms with Crippen molar-refractivity contribution >= 4 is 49.9 Å². The Morgan fingerprint density at radius 2 is 1.89 bits per heavy atom. The number of aromatic amines is 1. The van der Waals surface area contributed by atoms with Crippen molar-refractivity contribution in [1.82, 2.24) is 35.5 Å². The van der Waals surface area contributed by atoms with Crippen LogP contribution in [0.25, 0.3) is 31.6 Å². The fraction of sp³-hybridized carbons (Fsp3) is 0.353. The zero-order valence-electron chi connectivity index (χ0n) is 15.1. The minimum Gasteiger partial charge on any atom is -0.347 e. The molecule has 0 aliphatic carbocycles. The zero-order valence-corrected chi connectivity index (χ0v) is 17.6. The fourth-order valence-corrected chi connectivity index (χ4v) is 5.21. The molecule has 1 fully saturated rings. The van der Waals surface area contributed by atoms with Crippen molar-refractivity contribution in [2.75, 3.05) is 25.0 Å². The standard InChI is InChI=1S/C17H18N8S2.ClH/c1-25(12-3-2-4-18-9-12)17-24-16-15(27-17)23-14(26-16)13-19-5-10(6-20-13)11-7-21-22-8-11;/h5-8,12,18H,2-4,9H2,1H3,(H,21,22);1H/t12-;/m0./s1. The number of H-pyrrole nitrogens is 1. The number of likely N-dealkylation sites (N-methyl/N-ethyl adjacent to an activating group) is 1. The lowest BCUT2D eigenvalue weighted by Gasteiger charge is -2.31. The molecule has 1 aliphatic heterocycles. The summed E-state index contributed by atoms with van der Waals surface area (Å²) in [4.78, 5) is 22.6. The molecule has 5 heterocycles. The van der Waals surface area contributed by atoms with E-state index in [1.807, 2.05) is 6.20 Å². The summed E-state index contributed by atoms with van der Waals surface area (Å²) in [6, 6.07) is 0.497. The third-order valence-electron chi connectivity index (χ3n) is 4.76. The monoisotopic (exact) mass is 434 g/mol. The minimum atomic E-state index is 0. The summed E-state index contributed by atoms with van der Waals surface area (Å²) in [7, 11) is 2.12. The lowest BCUT2D eigenvalue weighted by molar-refractivity contribution is 0.445. The first-order valence-electron chi connectivity index (χ1n) is 8.80. The number of hydrogen-bond donors (Lipinski definition) is 2. The van der Waals surface area contributed by atoms with Crippen molar-refractivity contribution < 1.29 is 0 Å². The molecule has 0 spiro atoms. The number of halogens is 1. The average molecular weight is 435 g/mol. The topological polar surface area (TPSA) is 95.5 Å². The summed E-state index contributed by atoms with van der Waals surface area (Å²) in [5, 5.41) is 12.0. The lowest BCUT2D eigenvalue weighted by atomic mass is 10.1. The zero-order chi connectivity index (χ0) is 18.2. The Labute approximate surface area is 175 Å². The van der Waals surface area contributed by atoms with Gasteiger partial charge in [-0.25, -0.2) is 19.9 Å². The van der Waals surface area contributed by atoms with Crippen LogP contribution in [0.2, 0.25) is 0 Å². The Balaban J connectivity index is 0.00000192. The van der Waals surface area contributed by atoms with Gasteiger partial charge in [0.05, 0.1) is 6.20 Å². The van der Waals surface area contributed by atoms with Crippen LogP contribution < -0.4 is 10.2 Å². The first-order valence-corrected chi connectivity index (χ1v) is 10.4. The van der Waals surface area contributed by atoms with Crippen LogP contribution in [0, 0.1) is 0 Å². The van der Waals surface area contributed by atoms with Gasteiger partial charge in [0, 0.05) is 49.4 Å². The van der Waals surface area contributed by atoms with Gasteiger partial charge < -0.3 is 10.2 Å². The van der Waals surface area contributed by atoms with Crippen LogP contribution in [0.4, 0.5) is 5.13 Å². The van der Waals surface area contributed by atoms with Crippen molar-refractivity contribution in [3.05, 3.63) is 24.8 Å². The van der Waals surface area contributed by atoms with Gasteiger partial charge in [-0.05, 0) is 19.4 Å². The molecule has 2 N–H and O–H groups in total. The summed E-state index contributed by atoms with van der Waals surface area (Å²) in [6.45, 7) is 2.13. The van der Waals surface area contributed by atoms with E-state index in [1.165, 1.54) is 12.8 Å². The Hall–Kier alpha value is -2.14. The number of piperidine rings is 1. The quantitative estimate of drug-likeness (QED) is 0.509. The van der Waals surface area contributed by atoms with E-state index >= 15 is 0 Å². The van der Waals surface area contributed by atoms with Gasteiger partial charge in [0.25, 0.3) is 0 Å². The second kappa shape index (κ2) is 8.08. The predicted octanol–water partition coefficient (Wildman–Crippen LogP) is 3.21. The molecule has 1 atom stereocenters. The molecular formula is C17H19ClN8S2. The maximum absolute atomic E-state index is 4.80. The van der Waals surface area contributed by atoms with Gasteiger partial charge >= 0.3 is 0 Å². The third-order valence-corrected chi connectivity index (χ3v) is 6.87. The van der Waals surface area contributed by atoms with E-state index in [2.05, 4.69) is 37.4 Å². The number of rotatable bonds is 4. The predicted molar refractivity (Wildman–Crippen MR) is 115 cm³/mol. The van der Waals surface area contributed by atoms with Gasteiger partial charge in [0.15, 0.2) is 25.6 Å². The number of anilines is 1. The van der Waals surface area contributed by atoms with E-state index in [4.69, 9.17) is 9.97 Å². The molecule has 0 unspecified atom stereocenters. The molecule has 0 bridgehead atoms. The van der Waals surface area contributed by atoms with Gasteiger partial charge in [-0.3, -0.25) is 5.10 Å². The second-order valence-electron chi connectivity index (χ2n) is 6.52. The van der Waals surface area contributed by atoms with Gasteiger partial charge in [-0.1, -0.05) is 22.7 Å². The molecule has 146 valence electrons. The van der Waals surface area contributed by atoms with E-state index in [1.54, 1.807) is 41.3 Å². The molecule has 5 rings (SSSR count). The van der Waals surface area contributed by atoms with Crippen LogP contribution in [-0.2, 0) is 0 Å². The molecule has 28 heavy (non-hydrogen) atoms. The smallest absolute Gasteiger partial charge is 0.188 e. The molecule has 0 radical (unpaired) electrons. The van der Waals surface area contributed by atoms with Gasteiger partial charge in [-0.15, -0.1) is 12.4 Å². The van der Waals surface area contributed by atoms with Crippen LogP contribution in [0.15, 0.2) is 24.8 Å². The molecule has 1 saturated heterocycles. The van der Waals surface area contributed by atoms with Gasteiger partial charge in [-0.2, -0.15) is 5.10 Å². The molecule has 4 aromatic rings. The number of aromatic nitrogens is 6. The molecule has 0 amide bonds. The highest BCUT2D eigenvalue weighted by molar-refractivity contribution is 7.29. The largest absolute Gasteiger partial charge is 0.347 e. The van der Waals surface area contributed by atoms with Crippen molar-refractivity contribution in [1.29, 1.82) is 0 Å². The normalized spacial score (nSPS) is 16.8. The highest BCUT2D eigenvalue weighted by Gasteiger charge is 2.22.